The number of nitrogens with zero attached hydrogens (tertiary/aromatic N) is 1. The number of esters is 1. The van der Waals surface area contributed by atoms with Gasteiger partial charge in [0.2, 0.25) is 0 Å². The van der Waals surface area contributed by atoms with Crippen LogP contribution >= 0.6 is 11.3 Å². The van der Waals surface area contributed by atoms with Crippen LogP contribution in [0.1, 0.15) is 64.4 Å². The van der Waals surface area contributed by atoms with Crippen LogP contribution < -0.4 is 0 Å². The first kappa shape index (κ1) is 20.7. The van der Waals surface area contributed by atoms with E-state index in [0.29, 0.717) is 30.6 Å². The molecule has 1 fully saturated rings. The summed E-state index contributed by atoms with van der Waals surface area (Å²) in [6.07, 6.45) is 1.12. The monoisotopic (exact) mass is 383 g/mol. The van der Waals surface area contributed by atoms with Gasteiger partial charge in [-0.3, -0.25) is 0 Å². The zero-order valence-electron chi connectivity index (χ0n) is 16.2. The molecule has 1 unspecified atom stereocenters. The normalized spacial score (nSPS) is 24.6. The minimum Gasteiger partial charge on any atom is -0.457 e. The molecule has 1 N–H and O–H groups in total. The van der Waals surface area contributed by atoms with E-state index in [1.165, 1.54) is 11.3 Å². The summed E-state index contributed by atoms with van der Waals surface area (Å²) < 4.78 is 11.0. The van der Waals surface area contributed by atoms with Crippen molar-refractivity contribution in [2.45, 2.75) is 76.7 Å². The molecular formula is C19H29NO5S. The van der Waals surface area contributed by atoms with Crippen molar-refractivity contribution in [1.29, 1.82) is 0 Å². The van der Waals surface area contributed by atoms with Crippen LogP contribution in [0.5, 0.6) is 0 Å². The molecule has 0 aliphatic heterocycles. The van der Waals surface area contributed by atoms with E-state index < -0.39 is 23.3 Å². The van der Waals surface area contributed by atoms with Crippen molar-refractivity contribution >= 4 is 23.4 Å². The van der Waals surface area contributed by atoms with E-state index in [2.05, 4.69) is 0 Å². The average Bonchev–Trinajstić information content (AvgIpc) is 3.06. The van der Waals surface area contributed by atoms with Gasteiger partial charge in [0.25, 0.3) is 0 Å². The molecule has 1 atom stereocenters. The first-order chi connectivity index (χ1) is 12.0. The summed E-state index contributed by atoms with van der Waals surface area (Å²) in [4.78, 5) is 26.7. The molecule has 0 saturated heterocycles. The first-order valence-corrected chi connectivity index (χ1v) is 9.79. The summed E-state index contributed by atoms with van der Waals surface area (Å²) in [7, 11) is 1.74. The highest BCUT2D eigenvalue weighted by Gasteiger charge is 2.38. The lowest BCUT2D eigenvalue weighted by atomic mass is 9.83. The van der Waals surface area contributed by atoms with Crippen LogP contribution in [-0.4, -0.2) is 46.4 Å². The highest BCUT2D eigenvalue weighted by molar-refractivity contribution is 7.10. The average molecular weight is 384 g/mol. The summed E-state index contributed by atoms with van der Waals surface area (Å²) in [5.41, 5.74) is -1.15. The molecule has 0 radical (unpaired) electrons. The van der Waals surface area contributed by atoms with Gasteiger partial charge in [0.05, 0.1) is 0 Å². The van der Waals surface area contributed by atoms with Gasteiger partial charge in [-0.1, -0.05) is 6.07 Å². The van der Waals surface area contributed by atoms with E-state index in [1.54, 1.807) is 24.1 Å². The highest BCUT2D eigenvalue weighted by atomic mass is 32.1. The lowest BCUT2D eigenvalue weighted by Gasteiger charge is -2.40. The van der Waals surface area contributed by atoms with Crippen molar-refractivity contribution in [3.05, 3.63) is 22.4 Å². The van der Waals surface area contributed by atoms with Gasteiger partial charge >= 0.3 is 12.1 Å². The standard InChI is InChI=1S/C19H29NO5S/c1-18(2,3)25-17(23)20(5)13-8-10-19(4,11-9-13)24-16(22)15(21)14-7-6-12-26-14/h6-7,12-13,15,21H,8-11H2,1-5H3. The van der Waals surface area contributed by atoms with E-state index in [4.69, 9.17) is 9.47 Å². The fourth-order valence-electron chi connectivity index (χ4n) is 3.05. The number of carbonyl (C=O) groups is 2. The summed E-state index contributed by atoms with van der Waals surface area (Å²) >= 11 is 1.32. The lowest BCUT2D eigenvalue weighted by Crippen LogP contribution is -2.46. The maximum Gasteiger partial charge on any atom is 0.410 e. The number of ether oxygens (including phenoxy) is 2. The van der Waals surface area contributed by atoms with Gasteiger partial charge in [-0.25, -0.2) is 9.59 Å². The third-order valence-corrected chi connectivity index (χ3v) is 5.55. The molecule has 1 aliphatic carbocycles. The molecule has 1 aromatic rings. The Morgan fingerprint density at radius 2 is 1.96 bits per heavy atom. The Hall–Kier alpha value is -1.60. The predicted octanol–water partition coefficient (Wildman–Crippen LogP) is 3.89. The zero-order chi connectivity index (χ0) is 19.5. The number of aliphatic hydroxyl groups is 1. The molecule has 7 heteroatoms. The van der Waals surface area contributed by atoms with E-state index in [1.807, 2.05) is 33.1 Å². The van der Waals surface area contributed by atoms with Crippen molar-refractivity contribution in [2.24, 2.45) is 0 Å². The first-order valence-electron chi connectivity index (χ1n) is 8.91. The lowest BCUT2D eigenvalue weighted by molar-refractivity contribution is -0.172. The number of aliphatic hydroxyl groups excluding tert-OH is 1. The van der Waals surface area contributed by atoms with Crippen LogP contribution in [0.15, 0.2) is 17.5 Å². The molecule has 1 aromatic heterocycles. The van der Waals surface area contributed by atoms with Crippen molar-refractivity contribution in [2.75, 3.05) is 7.05 Å². The molecule has 146 valence electrons. The number of thiophene rings is 1. The van der Waals surface area contributed by atoms with Gasteiger partial charge in [-0.2, -0.15) is 0 Å². The fourth-order valence-corrected chi connectivity index (χ4v) is 3.74. The fraction of sp³-hybridized carbons (Fsp3) is 0.684. The number of hydrogen-bond donors (Lipinski definition) is 1. The molecule has 1 amide bonds. The number of amides is 1. The molecule has 0 aromatic carbocycles. The Balaban J connectivity index is 1.88. The van der Waals surface area contributed by atoms with E-state index >= 15 is 0 Å². The third kappa shape index (κ3) is 5.45. The van der Waals surface area contributed by atoms with Crippen molar-refractivity contribution in [3.8, 4) is 0 Å². The smallest absolute Gasteiger partial charge is 0.410 e. The second-order valence-corrected chi connectivity index (χ2v) is 9.09. The topological polar surface area (TPSA) is 76.1 Å². The Morgan fingerprint density at radius 1 is 1.35 bits per heavy atom. The van der Waals surface area contributed by atoms with Crippen LogP contribution in [0.25, 0.3) is 0 Å². The van der Waals surface area contributed by atoms with Crippen LogP contribution in [0.4, 0.5) is 4.79 Å². The Labute approximate surface area is 159 Å². The van der Waals surface area contributed by atoms with Gasteiger partial charge in [-0.15, -0.1) is 11.3 Å². The molecule has 1 saturated carbocycles. The predicted molar refractivity (Wildman–Crippen MR) is 100 cm³/mol. The molecule has 1 aliphatic rings. The Bertz CT molecular complexity index is 614. The van der Waals surface area contributed by atoms with E-state index in [0.717, 1.165) is 0 Å². The van der Waals surface area contributed by atoms with Crippen LogP contribution in [0, 0.1) is 0 Å². The Morgan fingerprint density at radius 3 is 2.46 bits per heavy atom. The summed E-state index contributed by atoms with van der Waals surface area (Å²) in [5, 5.41) is 11.9. The molecule has 0 spiro atoms. The minimum atomic E-state index is -1.24. The maximum atomic E-state index is 12.2. The van der Waals surface area contributed by atoms with Crippen LogP contribution in [0.3, 0.4) is 0 Å². The van der Waals surface area contributed by atoms with Crippen molar-refractivity contribution in [3.63, 3.8) is 0 Å². The van der Waals surface area contributed by atoms with Gasteiger partial charge in [-0.05, 0) is 64.8 Å². The van der Waals surface area contributed by atoms with Crippen LogP contribution in [-0.2, 0) is 14.3 Å². The van der Waals surface area contributed by atoms with Gasteiger partial charge in [0.15, 0.2) is 6.10 Å². The molecular weight excluding hydrogens is 354 g/mol. The molecule has 2 rings (SSSR count). The van der Waals surface area contributed by atoms with Gasteiger partial charge < -0.3 is 19.5 Å². The highest BCUT2D eigenvalue weighted by Crippen LogP contribution is 2.35. The molecule has 6 nitrogen and oxygen atoms in total. The van der Waals surface area contributed by atoms with E-state index in [-0.39, 0.29) is 12.1 Å². The third-order valence-electron chi connectivity index (χ3n) is 4.62. The quantitative estimate of drug-likeness (QED) is 0.798. The van der Waals surface area contributed by atoms with Crippen molar-refractivity contribution < 1.29 is 24.2 Å². The minimum absolute atomic E-state index is 0.0545. The molecule has 26 heavy (non-hydrogen) atoms. The Kier molecular flexibility index (Phi) is 6.34. The summed E-state index contributed by atoms with van der Waals surface area (Å²) in [6, 6.07) is 3.56. The van der Waals surface area contributed by atoms with Gasteiger partial charge in [0.1, 0.15) is 11.2 Å². The van der Waals surface area contributed by atoms with E-state index in [9.17, 15) is 14.7 Å². The number of hydrogen-bond acceptors (Lipinski definition) is 6. The zero-order valence-corrected chi connectivity index (χ0v) is 17.0. The maximum absolute atomic E-state index is 12.2. The number of rotatable bonds is 4. The largest absolute Gasteiger partial charge is 0.457 e. The molecule has 1 heterocycles. The summed E-state index contributed by atoms with van der Waals surface area (Å²) in [5.74, 6) is -0.617. The SMILES string of the molecule is CN(C(=O)OC(C)(C)C)C1CCC(C)(OC(=O)C(O)c2cccs2)CC1. The van der Waals surface area contributed by atoms with Crippen molar-refractivity contribution in [1.82, 2.24) is 4.90 Å². The summed E-state index contributed by atoms with van der Waals surface area (Å²) in [6.45, 7) is 7.41. The number of carbonyl (C=O) groups excluding carboxylic acids is 2. The van der Waals surface area contributed by atoms with Gasteiger partial charge in [0, 0.05) is 18.0 Å². The second-order valence-electron chi connectivity index (χ2n) is 8.11. The van der Waals surface area contributed by atoms with Crippen LogP contribution in [0.2, 0.25) is 0 Å². The second kappa shape index (κ2) is 7.96. The molecule has 0 bridgehead atoms.